The number of benzene rings is 2. The summed E-state index contributed by atoms with van der Waals surface area (Å²) < 4.78 is 13.6. The van der Waals surface area contributed by atoms with Crippen LogP contribution in [0, 0.1) is 12.7 Å². The molecular weight excluding hydrogens is 261 g/mol. The van der Waals surface area contributed by atoms with Crippen LogP contribution in [-0.2, 0) is 0 Å². The molecule has 0 amide bonds. The lowest BCUT2D eigenvalue weighted by atomic mass is 9.93. The summed E-state index contributed by atoms with van der Waals surface area (Å²) in [6, 6.07) is 13.7. The molecule has 2 aromatic rings. The second-order valence-corrected chi connectivity index (χ2v) is 5.81. The number of rotatable bonds is 5. The zero-order valence-electron chi connectivity index (χ0n) is 13.3. The van der Waals surface area contributed by atoms with Crippen molar-refractivity contribution in [1.29, 1.82) is 0 Å². The van der Waals surface area contributed by atoms with Gasteiger partial charge in [0.05, 0.1) is 6.04 Å². The average Bonchev–Trinajstić information content (AvgIpc) is 2.48. The molecule has 0 aliphatic heterocycles. The van der Waals surface area contributed by atoms with Crippen LogP contribution in [0.2, 0.25) is 0 Å². The maximum absolute atomic E-state index is 13.6. The minimum absolute atomic E-state index is 0.0342. The molecule has 21 heavy (non-hydrogen) atoms. The van der Waals surface area contributed by atoms with Gasteiger partial charge in [-0.1, -0.05) is 51.1 Å². The molecule has 1 nitrogen and oxygen atoms in total. The second kappa shape index (κ2) is 6.86. The maximum Gasteiger partial charge on any atom is 0.123 e. The molecule has 0 bridgehead atoms. The molecular formula is C19H24FN. The Morgan fingerprint density at radius 1 is 1.00 bits per heavy atom. The number of hydrogen-bond acceptors (Lipinski definition) is 1. The number of aryl methyl sites for hydroxylation is 1. The third kappa shape index (κ3) is 3.70. The van der Waals surface area contributed by atoms with E-state index in [1.54, 1.807) is 6.07 Å². The van der Waals surface area contributed by atoms with Crippen LogP contribution in [0.1, 0.15) is 55.0 Å². The maximum atomic E-state index is 13.6. The molecule has 0 aliphatic carbocycles. The first-order chi connectivity index (χ1) is 10.0. The first-order valence-corrected chi connectivity index (χ1v) is 7.62. The van der Waals surface area contributed by atoms with Crippen molar-refractivity contribution in [2.45, 2.75) is 39.7 Å². The first-order valence-electron chi connectivity index (χ1n) is 7.62. The van der Waals surface area contributed by atoms with Crippen LogP contribution in [-0.4, -0.2) is 6.54 Å². The molecule has 1 N–H and O–H groups in total. The molecule has 2 aromatic carbocycles. The first kappa shape index (κ1) is 15.7. The fourth-order valence-electron chi connectivity index (χ4n) is 2.61. The van der Waals surface area contributed by atoms with E-state index in [1.165, 1.54) is 17.2 Å². The molecule has 1 atom stereocenters. The molecule has 0 radical (unpaired) electrons. The molecule has 0 fully saturated rings. The van der Waals surface area contributed by atoms with Gasteiger partial charge < -0.3 is 5.32 Å². The Bertz CT molecular complexity index is 587. The van der Waals surface area contributed by atoms with E-state index in [2.05, 4.69) is 50.4 Å². The summed E-state index contributed by atoms with van der Waals surface area (Å²) >= 11 is 0. The van der Waals surface area contributed by atoms with E-state index >= 15 is 0 Å². The minimum Gasteiger partial charge on any atom is -0.307 e. The van der Waals surface area contributed by atoms with Crippen molar-refractivity contribution in [3.05, 3.63) is 70.5 Å². The van der Waals surface area contributed by atoms with E-state index in [0.717, 1.165) is 17.7 Å². The van der Waals surface area contributed by atoms with Crippen molar-refractivity contribution >= 4 is 0 Å². The molecule has 112 valence electrons. The lowest BCUT2D eigenvalue weighted by Crippen LogP contribution is -2.23. The molecule has 1 unspecified atom stereocenters. The van der Waals surface area contributed by atoms with Crippen molar-refractivity contribution in [3.63, 3.8) is 0 Å². The highest BCUT2D eigenvalue weighted by Gasteiger charge is 2.16. The Balaban J connectivity index is 2.40. The topological polar surface area (TPSA) is 12.0 Å². The third-order valence-corrected chi connectivity index (χ3v) is 3.90. The van der Waals surface area contributed by atoms with Crippen molar-refractivity contribution in [2.24, 2.45) is 0 Å². The Morgan fingerprint density at radius 2 is 1.62 bits per heavy atom. The van der Waals surface area contributed by atoms with E-state index in [-0.39, 0.29) is 11.9 Å². The van der Waals surface area contributed by atoms with E-state index in [1.807, 2.05) is 13.0 Å². The van der Waals surface area contributed by atoms with Crippen molar-refractivity contribution < 1.29 is 4.39 Å². The molecule has 2 heteroatoms. The van der Waals surface area contributed by atoms with Crippen LogP contribution in [0.5, 0.6) is 0 Å². The summed E-state index contributed by atoms with van der Waals surface area (Å²) in [5.41, 5.74) is 4.62. The Hall–Kier alpha value is -1.67. The summed E-state index contributed by atoms with van der Waals surface area (Å²) in [5.74, 6) is 0.338. The lowest BCUT2D eigenvalue weighted by molar-refractivity contribution is 0.600. The van der Waals surface area contributed by atoms with Crippen LogP contribution in [0.25, 0.3) is 0 Å². The molecule has 0 aromatic heterocycles. The van der Waals surface area contributed by atoms with Gasteiger partial charge in [-0.3, -0.25) is 0 Å². The van der Waals surface area contributed by atoms with Crippen molar-refractivity contribution in [3.8, 4) is 0 Å². The Morgan fingerprint density at radius 3 is 2.19 bits per heavy atom. The smallest absolute Gasteiger partial charge is 0.123 e. The fraction of sp³-hybridized carbons (Fsp3) is 0.368. The number of hydrogen-bond donors (Lipinski definition) is 1. The molecule has 0 heterocycles. The predicted octanol–water partition coefficient (Wildman–Crippen LogP) is 4.96. The van der Waals surface area contributed by atoms with Gasteiger partial charge in [-0.2, -0.15) is 0 Å². The molecule has 0 aliphatic rings. The summed E-state index contributed by atoms with van der Waals surface area (Å²) in [6.45, 7) is 9.32. The van der Waals surface area contributed by atoms with Gasteiger partial charge >= 0.3 is 0 Å². The summed E-state index contributed by atoms with van der Waals surface area (Å²) in [6.07, 6.45) is 0. The van der Waals surface area contributed by atoms with Gasteiger partial charge in [0.25, 0.3) is 0 Å². The van der Waals surface area contributed by atoms with Gasteiger partial charge in [0.2, 0.25) is 0 Å². The Kier molecular flexibility index (Phi) is 5.13. The van der Waals surface area contributed by atoms with Crippen LogP contribution in [0.3, 0.4) is 0 Å². The highest BCUT2D eigenvalue weighted by atomic mass is 19.1. The molecule has 0 saturated carbocycles. The van der Waals surface area contributed by atoms with Crippen molar-refractivity contribution in [1.82, 2.24) is 5.32 Å². The standard InChI is InChI=1S/C19H24FN/c1-5-21-19(18-12-17(20)11-6-14(18)4)16-9-7-15(8-10-16)13(2)3/h6-13,19,21H,5H2,1-4H3. The van der Waals surface area contributed by atoms with E-state index in [9.17, 15) is 4.39 Å². The Labute approximate surface area is 127 Å². The van der Waals surface area contributed by atoms with Gasteiger partial charge in [0.1, 0.15) is 5.82 Å². The molecule has 2 rings (SSSR count). The summed E-state index contributed by atoms with van der Waals surface area (Å²) in [5, 5.41) is 3.47. The van der Waals surface area contributed by atoms with Gasteiger partial charge in [-0.15, -0.1) is 0 Å². The van der Waals surface area contributed by atoms with Gasteiger partial charge in [-0.05, 0) is 53.8 Å². The monoisotopic (exact) mass is 285 g/mol. The van der Waals surface area contributed by atoms with Crippen molar-refractivity contribution in [2.75, 3.05) is 6.54 Å². The third-order valence-electron chi connectivity index (χ3n) is 3.90. The van der Waals surface area contributed by atoms with E-state index < -0.39 is 0 Å². The van der Waals surface area contributed by atoms with Gasteiger partial charge in [0, 0.05) is 0 Å². The molecule has 0 spiro atoms. The fourth-order valence-corrected chi connectivity index (χ4v) is 2.61. The largest absolute Gasteiger partial charge is 0.307 e. The van der Waals surface area contributed by atoms with Crippen LogP contribution >= 0.6 is 0 Å². The van der Waals surface area contributed by atoms with E-state index in [4.69, 9.17) is 0 Å². The minimum atomic E-state index is -0.183. The SMILES string of the molecule is CCNC(c1ccc(C(C)C)cc1)c1cc(F)ccc1C. The second-order valence-electron chi connectivity index (χ2n) is 5.81. The van der Waals surface area contributed by atoms with E-state index in [0.29, 0.717) is 5.92 Å². The highest BCUT2D eigenvalue weighted by Crippen LogP contribution is 2.27. The predicted molar refractivity (Wildman–Crippen MR) is 87.2 cm³/mol. The normalized spacial score (nSPS) is 12.7. The average molecular weight is 285 g/mol. The zero-order chi connectivity index (χ0) is 15.4. The number of halogens is 1. The summed E-state index contributed by atoms with van der Waals surface area (Å²) in [7, 11) is 0. The molecule has 0 saturated heterocycles. The lowest BCUT2D eigenvalue weighted by Gasteiger charge is -2.21. The quantitative estimate of drug-likeness (QED) is 0.819. The van der Waals surface area contributed by atoms with Gasteiger partial charge in [-0.25, -0.2) is 4.39 Å². The van der Waals surface area contributed by atoms with Gasteiger partial charge in [0.15, 0.2) is 0 Å². The van der Waals surface area contributed by atoms with Crippen LogP contribution in [0.4, 0.5) is 4.39 Å². The number of nitrogens with one attached hydrogen (secondary N) is 1. The van der Waals surface area contributed by atoms with Crippen LogP contribution < -0.4 is 5.32 Å². The highest BCUT2D eigenvalue weighted by molar-refractivity contribution is 5.38. The summed E-state index contributed by atoms with van der Waals surface area (Å²) in [4.78, 5) is 0. The zero-order valence-corrected chi connectivity index (χ0v) is 13.3. The van der Waals surface area contributed by atoms with Crippen LogP contribution in [0.15, 0.2) is 42.5 Å².